The minimum Gasteiger partial charge on any atom is -0.298 e. The fourth-order valence-electron chi connectivity index (χ4n) is 1.72. The van der Waals surface area contributed by atoms with E-state index >= 15 is 0 Å². The average Bonchev–Trinajstić information content (AvgIpc) is 2.06. The second-order valence-electron chi connectivity index (χ2n) is 4.21. The van der Waals surface area contributed by atoms with Crippen molar-refractivity contribution in [3.63, 3.8) is 0 Å². The molecule has 0 saturated carbocycles. The second-order valence-corrected chi connectivity index (χ2v) is 4.21. The van der Waals surface area contributed by atoms with Gasteiger partial charge in [-0.15, -0.1) is 0 Å². The fraction of sp³-hybridized carbons (Fsp3) is 1.00. The predicted molar refractivity (Wildman–Crippen MR) is 49.8 cm³/mol. The van der Waals surface area contributed by atoms with Crippen LogP contribution in [-0.2, 0) is 0 Å². The molecule has 1 fully saturated rings. The largest absolute Gasteiger partial charge is 0.298 e. The molecule has 0 radical (unpaired) electrons. The highest BCUT2D eigenvalue weighted by atomic mass is 15.2. The van der Waals surface area contributed by atoms with Crippen molar-refractivity contribution >= 4 is 0 Å². The van der Waals surface area contributed by atoms with Crippen molar-refractivity contribution in [3.8, 4) is 0 Å². The average molecular weight is 155 g/mol. The molecule has 0 unspecified atom stereocenters. The highest BCUT2D eigenvalue weighted by Gasteiger charge is 2.25. The van der Waals surface area contributed by atoms with Gasteiger partial charge in [-0.05, 0) is 46.2 Å². The summed E-state index contributed by atoms with van der Waals surface area (Å²) < 4.78 is 0. The maximum atomic E-state index is 2.64. The van der Waals surface area contributed by atoms with E-state index in [0.717, 1.165) is 0 Å². The summed E-state index contributed by atoms with van der Waals surface area (Å²) in [4.78, 5) is 2.64. The zero-order valence-corrected chi connectivity index (χ0v) is 8.19. The van der Waals surface area contributed by atoms with E-state index in [1.165, 1.54) is 38.8 Å². The third-order valence-corrected chi connectivity index (χ3v) is 3.08. The monoisotopic (exact) mass is 155 g/mol. The number of rotatable bonds is 2. The number of hydrogen-bond donors (Lipinski definition) is 0. The van der Waals surface area contributed by atoms with Crippen LogP contribution in [0.3, 0.4) is 0 Å². The van der Waals surface area contributed by atoms with Gasteiger partial charge in [-0.25, -0.2) is 0 Å². The Kier molecular flexibility index (Phi) is 2.94. The summed E-state index contributed by atoms with van der Waals surface area (Å²) in [5.41, 5.74) is 0.445. The predicted octanol–water partition coefficient (Wildman–Crippen LogP) is 2.66. The molecule has 1 aliphatic heterocycles. The molecule has 0 aromatic carbocycles. The van der Waals surface area contributed by atoms with Crippen LogP contribution in [0.25, 0.3) is 0 Å². The first-order valence-electron chi connectivity index (χ1n) is 4.92. The van der Waals surface area contributed by atoms with E-state index < -0.39 is 0 Å². The maximum Gasteiger partial charge on any atom is 0.0150 e. The van der Waals surface area contributed by atoms with Crippen LogP contribution in [0.2, 0.25) is 0 Å². The lowest BCUT2D eigenvalue weighted by Gasteiger charge is -2.40. The Bertz CT molecular complexity index is 112. The zero-order valence-electron chi connectivity index (χ0n) is 8.19. The van der Waals surface area contributed by atoms with E-state index in [1.807, 2.05) is 0 Å². The molecule has 1 aliphatic rings. The van der Waals surface area contributed by atoms with Gasteiger partial charge in [0.05, 0.1) is 0 Å². The summed E-state index contributed by atoms with van der Waals surface area (Å²) in [6.07, 6.45) is 5.52. The summed E-state index contributed by atoms with van der Waals surface area (Å²) in [5, 5.41) is 0. The molecule has 0 aromatic heterocycles. The molecule has 0 spiro atoms. The Morgan fingerprint density at radius 3 is 2.09 bits per heavy atom. The molecule has 1 heterocycles. The van der Waals surface area contributed by atoms with Gasteiger partial charge in [-0.2, -0.15) is 0 Å². The van der Waals surface area contributed by atoms with E-state index in [4.69, 9.17) is 0 Å². The van der Waals surface area contributed by atoms with Crippen LogP contribution in [0.4, 0.5) is 0 Å². The van der Waals surface area contributed by atoms with E-state index in [9.17, 15) is 0 Å². The first kappa shape index (κ1) is 9.05. The van der Waals surface area contributed by atoms with Crippen LogP contribution >= 0.6 is 0 Å². The molecule has 1 rings (SSSR count). The van der Waals surface area contributed by atoms with Crippen molar-refractivity contribution < 1.29 is 0 Å². The van der Waals surface area contributed by atoms with E-state index in [1.54, 1.807) is 0 Å². The minimum atomic E-state index is 0.445. The lowest BCUT2D eigenvalue weighted by molar-refractivity contribution is 0.0922. The van der Waals surface area contributed by atoms with Crippen molar-refractivity contribution in [2.75, 3.05) is 13.1 Å². The molecule has 1 heteroatoms. The van der Waals surface area contributed by atoms with Gasteiger partial charge in [0.25, 0.3) is 0 Å². The van der Waals surface area contributed by atoms with Gasteiger partial charge in [0.15, 0.2) is 0 Å². The topological polar surface area (TPSA) is 3.24 Å². The Morgan fingerprint density at radius 1 is 1.09 bits per heavy atom. The van der Waals surface area contributed by atoms with Crippen LogP contribution in [0.15, 0.2) is 0 Å². The molecule has 1 nitrogen and oxygen atoms in total. The molecule has 0 aromatic rings. The van der Waals surface area contributed by atoms with E-state index in [0.29, 0.717) is 5.54 Å². The number of hydrogen-bond acceptors (Lipinski definition) is 1. The second kappa shape index (κ2) is 3.57. The normalized spacial score (nSPS) is 22.1. The van der Waals surface area contributed by atoms with Crippen molar-refractivity contribution in [1.29, 1.82) is 0 Å². The van der Waals surface area contributed by atoms with Crippen LogP contribution in [0.1, 0.15) is 46.5 Å². The van der Waals surface area contributed by atoms with Gasteiger partial charge in [0, 0.05) is 5.54 Å². The summed E-state index contributed by atoms with van der Waals surface area (Å²) in [6.45, 7) is 9.65. The minimum absolute atomic E-state index is 0.445. The molecule has 11 heavy (non-hydrogen) atoms. The Labute approximate surface area is 70.8 Å². The lowest BCUT2D eigenvalue weighted by Crippen LogP contribution is -2.46. The van der Waals surface area contributed by atoms with Crippen molar-refractivity contribution in [1.82, 2.24) is 4.90 Å². The Morgan fingerprint density at radius 2 is 1.64 bits per heavy atom. The number of likely N-dealkylation sites (tertiary alicyclic amines) is 1. The van der Waals surface area contributed by atoms with Crippen molar-refractivity contribution in [3.05, 3.63) is 0 Å². The van der Waals surface area contributed by atoms with Crippen molar-refractivity contribution in [2.24, 2.45) is 0 Å². The smallest absolute Gasteiger partial charge is 0.0150 e. The van der Waals surface area contributed by atoms with Crippen molar-refractivity contribution in [2.45, 2.75) is 52.0 Å². The quantitative estimate of drug-likeness (QED) is 0.592. The van der Waals surface area contributed by atoms with E-state index in [2.05, 4.69) is 25.7 Å². The SMILES string of the molecule is CCC(C)(C)N1CCCCC1. The summed E-state index contributed by atoms with van der Waals surface area (Å²) in [6, 6.07) is 0. The van der Waals surface area contributed by atoms with Crippen LogP contribution in [0.5, 0.6) is 0 Å². The molecule has 0 atom stereocenters. The van der Waals surface area contributed by atoms with Gasteiger partial charge in [0.1, 0.15) is 0 Å². The van der Waals surface area contributed by atoms with E-state index in [-0.39, 0.29) is 0 Å². The van der Waals surface area contributed by atoms with Gasteiger partial charge >= 0.3 is 0 Å². The Balaban J connectivity index is 2.43. The molecule has 0 amide bonds. The zero-order chi connectivity index (χ0) is 8.32. The molecule has 0 N–H and O–H groups in total. The molecular formula is C10H21N. The first-order valence-corrected chi connectivity index (χ1v) is 4.92. The van der Waals surface area contributed by atoms with Gasteiger partial charge in [0.2, 0.25) is 0 Å². The highest BCUT2D eigenvalue weighted by molar-refractivity contribution is 4.81. The summed E-state index contributed by atoms with van der Waals surface area (Å²) in [5.74, 6) is 0. The molecular weight excluding hydrogens is 134 g/mol. The molecule has 66 valence electrons. The third-order valence-electron chi connectivity index (χ3n) is 3.08. The lowest BCUT2D eigenvalue weighted by atomic mass is 9.96. The number of nitrogens with zero attached hydrogens (tertiary/aromatic N) is 1. The maximum absolute atomic E-state index is 2.64. The van der Waals surface area contributed by atoms with Gasteiger partial charge < -0.3 is 0 Å². The van der Waals surface area contributed by atoms with Crippen LogP contribution in [-0.4, -0.2) is 23.5 Å². The first-order chi connectivity index (χ1) is 5.17. The molecule has 1 saturated heterocycles. The van der Waals surface area contributed by atoms with Crippen LogP contribution in [0, 0.1) is 0 Å². The van der Waals surface area contributed by atoms with Gasteiger partial charge in [-0.3, -0.25) is 4.90 Å². The third kappa shape index (κ3) is 2.19. The fourth-order valence-corrected chi connectivity index (χ4v) is 1.72. The number of piperidine rings is 1. The Hall–Kier alpha value is -0.0400. The van der Waals surface area contributed by atoms with Gasteiger partial charge in [-0.1, -0.05) is 13.3 Å². The molecule has 0 bridgehead atoms. The standard InChI is InChI=1S/C10H21N/c1-4-10(2,3)11-8-6-5-7-9-11/h4-9H2,1-3H3. The highest BCUT2D eigenvalue weighted by Crippen LogP contribution is 2.22. The van der Waals surface area contributed by atoms with Crippen LogP contribution < -0.4 is 0 Å². The summed E-state index contributed by atoms with van der Waals surface area (Å²) in [7, 11) is 0. The summed E-state index contributed by atoms with van der Waals surface area (Å²) >= 11 is 0. The molecule has 0 aliphatic carbocycles.